The molecule has 0 bridgehead atoms. The van der Waals surface area contributed by atoms with Crippen molar-refractivity contribution in [3.05, 3.63) is 65.4 Å². The predicted molar refractivity (Wildman–Crippen MR) is 108 cm³/mol. The third kappa shape index (κ3) is 2.88. The summed E-state index contributed by atoms with van der Waals surface area (Å²) in [5, 5.41) is 4.52. The number of nitrogens with zero attached hydrogens (tertiary/aromatic N) is 2. The second-order valence-corrected chi connectivity index (χ2v) is 7.66. The Bertz CT molecular complexity index is 1200. The fraction of sp³-hybridized carbons (Fsp3) is 0.217. The van der Waals surface area contributed by atoms with Crippen molar-refractivity contribution in [1.29, 1.82) is 0 Å². The van der Waals surface area contributed by atoms with Gasteiger partial charge in [0.15, 0.2) is 0 Å². The van der Waals surface area contributed by atoms with Gasteiger partial charge < -0.3 is 4.90 Å². The van der Waals surface area contributed by atoms with E-state index >= 15 is 0 Å². The standard InChI is InChI=1S/C23H19N3O3/c1-13-2-4-17-14(10-13)8-9-24-21(17)15-3-5-18-16(11-15)12-26(23(18)29)19-6-7-20(27)25-22(19)28/h2-5,8-11,19H,6-7,12H2,1H3,(H,25,27,28). The van der Waals surface area contributed by atoms with Crippen LogP contribution in [0.25, 0.3) is 22.0 Å². The summed E-state index contributed by atoms with van der Waals surface area (Å²) in [4.78, 5) is 42.6. The number of carbonyl (C=O) groups is 3. The number of hydrogen-bond acceptors (Lipinski definition) is 4. The highest BCUT2D eigenvalue weighted by Crippen LogP contribution is 2.33. The van der Waals surface area contributed by atoms with Crippen molar-refractivity contribution in [1.82, 2.24) is 15.2 Å². The van der Waals surface area contributed by atoms with Gasteiger partial charge in [0.25, 0.3) is 5.91 Å². The zero-order chi connectivity index (χ0) is 20.1. The van der Waals surface area contributed by atoms with Crippen LogP contribution in [0, 0.1) is 6.92 Å². The van der Waals surface area contributed by atoms with Crippen molar-refractivity contribution in [3.8, 4) is 11.3 Å². The molecule has 0 aliphatic carbocycles. The minimum absolute atomic E-state index is 0.164. The van der Waals surface area contributed by atoms with E-state index in [2.05, 4.69) is 35.4 Å². The summed E-state index contributed by atoms with van der Waals surface area (Å²) in [6.45, 7) is 2.42. The predicted octanol–water partition coefficient (Wildman–Crippen LogP) is 2.97. The first-order valence-electron chi connectivity index (χ1n) is 9.64. The first-order valence-corrected chi connectivity index (χ1v) is 9.64. The Balaban J connectivity index is 1.51. The fourth-order valence-corrected chi connectivity index (χ4v) is 4.25. The van der Waals surface area contributed by atoms with Gasteiger partial charge in [-0.05, 0) is 42.5 Å². The van der Waals surface area contributed by atoms with E-state index in [0.29, 0.717) is 18.5 Å². The molecule has 1 saturated heterocycles. The molecule has 3 amide bonds. The van der Waals surface area contributed by atoms with E-state index in [1.165, 1.54) is 5.56 Å². The van der Waals surface area contributed by atoms with Crippen LogP contribution in [-0.4, -0.2) is 33.6 Å². The number of fused-ring (bicyclic) bond motifs is 2. The van der Waals surface area contributed by atoms with Crippen molar-refractivity contribution in [2.75, 3.05) is 0 Å². The summed E-state index contributed by atoms with van der Waals surface area (Å²) in [6.07, 6.45) is 2.41. The number of pyridine rings is 1. The van der Waals surface area contributed by atoms with E-state index in [1.54, 1.807) is 11.1 Å². The lowest BCUT2D eigenvalue weighted by Crippen LogP contribution is -2.52. The average molecular weight is 385 g/mol. The highest BCUT2D eigenvalue weighted by Gasteiger charge is 2.39. The van der Waals surface area contributed by atoms with E-state index < -0.39 is 11.9 Å². The molecule has 2 aromatic carbocycles. The SMILES string of the molecule is Cc1ccc2c(-c3ccc4c(c3)CN(C3CCC(=O)NC3=O)C4=O)nccc2c1. The zero-order valence-corrected chi connectivity index (χ0v) is 15.9. The number of benzene rings is 2. The number of aryl methyl sites for hydroxylation is 1. The molecule has 3 heterocycles. The van der Waals surface area contributed by atoms with Crippen LogP contribution in [0.5, 0.6) is 0 Å². The number of imide groups is 1. The van der Waals surface area contributed by atoms with Crippen LogP contribution in [-0.2, 0) is 16.1 Å². The highest BCUT2D eigenvalue weighted by molar-refractivity contribution is 6.06. The first-order chi connectivity index (χ1) is 14.0. The number of aromatic nitrogens is 1. The van der Waals surface area contributed by atoms with Gasteiger partial charge in [-0.15, -0.1) is 0 Å². The lowest BCUT2D eigenvalue weighted by Gasteiger charge is -2.29. The zero-order valence-electron chi connectivity index (χ0n) is 15.9. The normalized spacial score (nSPS) is 18.9. The number of carbonyl (C=O) groups excluding carboxylic acids is 3. The molecule has 0 radical (unpaired) electrons. The van der Waals surface area contributed by atoms with Gasteiger partial charge in [-0.2, -0.15) is 0 Å². The molecule has 2 aliphatic heterocycles. The van der Waals surface area contributed by atoms with E-state index in [4.69, 9.17) is 0 Å². The summed E-state index contributed by atoms with van der Waals surface area (Å²) in [5.74, 6) is -0.841. The Kier molecular flexibility index (Phi) is 3.94. The monoisotopic (exact) mass is 385 g/mol. The smallest absolute Gasteiger partial charge is 0.255 e. The van der Waals surface area contributed by atoms with Gasteiger partial charge in [-0.3, -0.25) is 24.7 Å². The maximum Gasteiger partial charge on any atom is 0.255 e. The Labute approximate surface area is 167 Å². The van der Waals surface area contributed by atoms with Crippen molar-refractivity contribution < 1.29 is 14.4 Å². The number of hydrogen-bond donors (Lipinski definition) is 1. The molecule has 1 aromatic heterocycles. The lowest BCUT2D eigenvalue weighted by molar-refractivity contribution is -0.136. The molecule has 0 saturated carbocycles. The number of piperidine rings is 1. The Morgan fingerprint density at radius 1 is 1.07 bits per heavy atom. The van der Waals surface area contributed by atoms with E-state index in [9.17, 15) is 14.4 Å². The first kappa shape index (κ1) is 17.6. The largest absolute Gasteiger partial charge is 0.322 e. The lowest BCUT2D eigenvalue weighted by atomic mass is 9.99. The molecule has 1 atom stereocenters. The van der Waals surface area contributed by atoms with Gasteiger partial charge in [0.05, 0.1) is 5.69 Å². The Hall–Kier alpha value is -3.54. The van der Waals surface area contributed by atoms with Gasteiger partial charge in [-0.1, -0.05) is 29.8 Å². The van der Waals surface area contributed by atoms with Crippen LogP contribution in [0.2, 0.25) is 0 Å². The second kappa shape index (κ2) is 6.51. The molecule has 144 valence electrons. The van der Waals surface area contributed by atoms with E-state index in [1.807, 2.05) is 24.3 Å². The minimum Gasteiger partial charge on any atom is -0.322 e. The van der Waals surface area contributed by atoms with Crippen molar-refractivity contribution in [2.24, 2.45) is 0 Å². The maximum absolute atomic E-state index is 12.9. The molecule has 1 N–H and O–H groups in total. The molecule has 5 rings (SSSR count). The van der Waals surface area contributed by atoms with Gasteiger partial charge >= 0.3 is 0 Å². The number of rotatable bonds is 2. The summed E-state index contributed by atoms with van der Waals surface area (Å²) in [5.41, 5.74) is 4.49. The van der Waals surface area contributed by atoms with Gasteiger partial charge in [0, 0.05) is 35.7 Å². The molecular formula is C23H19N3O3. The molecule has 3 aromatic rings. The van der Waals surface area contributed by atoms with Crippen LogP contribution in [0.3, 0.4) is 0 Å². The molecule has 1 unspecified atom stereocenters. The summed E-state index contributed by atoms with van der Waals surface area (Å²) < 4.78 is 0. The van der Waals surface area contributed by atoms with Gasteiger partial charge in [0.1, 0.15) is 6.04 Å². The maximum atomic E-state index is 12.9. The topological polar surface area (TPSA) is 79.4 Å². The van der Waals surface area contributed by atoms with Crippen molar-refractivity contribution >= 4 is 28.5 Å². The molecular weight excluding hydrogens is 366 g/mol. The van der Waals surface area contributed by atoms with Crippen LogP contribution in [0.15, 0.2) is 48.7 Å². The minimum atomic E-state index is -0.602. The number of nitrogens with one attached hydrogen (secondary N) is 1. The summed E-state index contributed by atoms with van der Waals surface area (Å²) in [6, 6.07) is 13.4. The fourth-order valence-electron chi connectivity index (χ4n) is 4.25. The summed E-state index contributed by atoms with van der Waals surface area (Å²) >= 11 is 0. The Morgan fingerprint density at radius 3 is 2.76 bits per heavy atom. The van der Waals surface area contributed by atoms with Gasteiger partial charge in [0.2, 0.25) is 11.8 Å². The second-order valence-electron chi connectivity index (χ2n) is 7.66. The van der Waals surface area contributed by atoms with Gasteiger partial charge in [-0.25, -0.2) is 0 Å². The third-order valence-corrected chi connectivity index (χ3v) is 5.72. The molecule has 29 heavy (non-hydrogen) atoms. The van der Waals surface area contributed by atoms with E-state index in [0.717, 1.165) is 27.6 Å². The number of amides is 3. The molecule has 6 nitrogen and oxygen atoms in total. The quantitative estimate of drug-likeness (QED) is 0.688. The average Bonchev–Trinajstić information content (AvgIpc) is 3.03. The molecule has 2 aliphatic rings. The van der Waals surface area contributed by atoms with Crippen LogP contribution in [0.4, 0.5) is 0 Å². The molecule has 6 heteroatoms. The summed E-state index contributed by atoms with van der Waals surface area (Å²) in [7, 11) is 0. The Morgan fingerprint density at radius 2 is 1.93 bits per heavy atom. The third-order valence-electron chi connectivity index (χ3n) is 5.72. The molecule has 1 fully saturated rings. The highest BCUT2D eigenvalue weighted by atomic mass is 16.2. The van der Waals surface area contributed by atoms with Crippen LogP contribution < -0.4 is 5.32 Å². The van der Waals surface area contributed by atoms with Crippen molar-refractivity contribution in [2.45, 2.75) is 32.4 Å². The van der Waals surface area contributed by atoms with Crippen LogP contribution in [0.1, 0.15) is 34.3 Å². The molecule has 0 spiro atoms. The van der Waals surface area contributed by atoms with Crippen molar-refractivity contribution in [3.63, 3.8) is 0 Å². The van der Waals surface area contributed by atoms with E-state index in [-0.39, 0.29) is 18.2 Å². The van der Waals surface area contributed by atoms with Crippen LogP contribution >= 0.6 is 0 Å².